The molecule has 0 aliphatic heterocycles. The molecule has 0 spiro atoms. The van der Waals surface area contributed by atoms with E-state index in [0.29, 0.717) is 21.2 Å². The zero-order valence-corrected chi connectivity index (χ0v) is 13.1. The van der Waals surface area contributed by atoms with Gasteiger partial charge in [-0.2, -0.15) is 5.26 Å². The lowest BCUT2D eigenvalue weighted by molar-refractivity contribution is 0.475. The minimum absolute atomic E-state index is 0.0803. The van der Waals surface area contributed by atoms with Crippen LogP contribution < -0.4 is 0 Å². The number of thiophene rings is 1. The Morgan fingerprint density at radius 1 is 1.35 bits per heavy atom. The van der Waals surface area contributed by atoms with Gasteiger partial charge in [0.25, 0.3) is 0 Å². The van der Waals surface area contributed by atoms with Gasteiger partial charge in [-0.25, -0.2) is 4.99 Å². The minimum Gasteiger partial charge on any atom is -0.506 e. The van der Waals surface area contributed by atoms with Crippen LogP contribution in [-0.2, 0) is 0 Å². The maximum Gasteiger partial charge on any atom is 0.143 e. The third-order valence-electron chi connectivity index (χ3n) is 2.86. The molecule has 20 heavy (non-hydrogen) atoms. The molecule has 0 radical (unpaired) electrons. The third-order valence-corrected chi connectivity index (χ3v) is 4.48. The number of benzene rings is 1. The molecule has 0 amide bonds. The number of aliphatic imine (C=N–C) groups is 1. The number of phenolic OH excluding ortho intramolecular Hbond substituents is 1. The van der Waals surface area contributed by atoms with E-state index in [9.17, 15) is 5.11 Å². The molecular weight excluding hydrogens is 315 g/mol. The summed E-state index contributed by atoms with van der Waals surface area (Å²) in [5, 5.41) is 20.2. The van der Waals surface area contributed by atoms with Crippen molar-refractivity contribution in [2.24, 2.45) is 4.99 Å². The summed E-state index contributed by atoms with van der Waals surface area (Å²) in [7, 11) is 0. The van der Waals surface area contributed by atoms with E-state index in [2.05, 4.69) is 11.1 Å². The van der Waals surface area contributed by atoms with Crippen LogP contribution in [0.5, 0.6) is 5.75 Å². The third kappa shape index (κ3) is 2.80. The Morgan fingerprint density at radius 2 is 2.05 bits per heavy atom. The monoisotopic (exact) mass is 324 g/mol. The molecule has 0 bridgehead atoms. The second kappa shape index (κ2) is 5.84. The van der Waals surface area contributed by atoms with E-state index >= 15 is 0 Å². The molecule has 1 aromatic carbocycles. The molecule has 1 N–H and O–H groups in total. The number of aryl methyl sites for hydroxylation is 1. The van der Waals surface area contributed by atoms with Crippen LogP contribution in [0.3, 0.4) is 0 Å². The molecule has 0 fully saturated rings. The molecule has 2 aromatic rings. The summed E-state index contributed by atoms with van der Waals surface area (Å²) >= 11 is 13.2. The summed E-state index contributed by atoms with van der Waals surface area (Å²) in [4.78, 5) is 5.31. The van der Waals surface area contributed by atoms with E-state index in [1.807, 2.05) is 13.8 Å². The summed E-state index contributed by atoms with van der Waals surface area (Å²) in [5.41, 5.74) is 1.89. The minimum atomic E-state index is -0.0803. The van der Waals surface area contributed by atoms with Crippen molar-refractivity contribution in [2.75, 3.05) is 0 Å². The van der Waals surface area contributed by atoms with Gasteiger partial charge in [0, 0.05) is 21.7 Å². The predicted molar refractivity (Wildman–Crippen MR) is 83.9 cm³/mol. The molecule has 0 aliphatic carbocycles. The predicted octanol–water partition coefficient (Wildman–Crippen LogP) is 5.00. The van der Waals surface area contributed by atoms with Crippen LogP contribution in [0.1, 0.15) is 21.6 Å². The number of halogens is 2. The van der Waals surface area contributed by atoms with E-state index < -0.39 is 0 Å². The van der Waals surface area contributed by atoms with Gasteiger partial charge in [0.15, 0.2) is 0 Å². The van der Waals surface area contributed by atoms with Crippen molar-refractivity contribution >= 4 is 45.8 Å². The molecule has 0 atom stereocenters. The highest BCUT2D eigenvalue weighted by molar-refractivity contribution is 7.16. The van der Waals surface area contributed by atoms with Crippen LogP contribution >= 0.6 is 34.5 Å². The van der Waals surface area contributed by atoms with Crippen molar-refractivity contribution < 1.29 is 5.11 Å². The van der Waals surface area contributed by atoms with Gasteiger partial charge < -0.3 is 5.11 Å². The van der Waals surface area contributed by atoms with Gasteiger partial charge in [-0.3, -0.25) is 0 Å². The number of rotatable bonds is 2. The fraction of sp³-hybridized carbons (Fsp3) is 0.143. The molecular formula is C14H10Cl2N2OS. The lowest BCUT2D eigenvalue weighted by atomic mass is 10.2. The summed E-state index contributed by atoms with van der Waals surface area (Å²) in [6.45, 7) is 3.82. The highest BCUT2D eigenvalue weighted by Gasteiger charge is 2.11. The molecule has 2 rings (SSSR count). The molecule has 0 saturated carbocycles. The van der Waals surface area contributed by atoms with Crippen LogP contribution in [0.4, 0.5) is 5.00 Å². The van der Waals surface area contributed by atoms with E-state index in [-0.39, 0.29) is 10.8 Å². The standard InChI is InChI=1S/C14H10Cl2N2OS/c1-7-8(2)20-14(11(7)5-17)18-6-9-3-10(15)4-12(16)13(9)19/h3-4,6,19H,1-2H3/b18-6+. The average molecular weight is 325 g/mol. The van der Waals surface area contributed by atoms with Crippen molar-refractivity contribution in [2.45, 2.75) is 13.8 Å². The first-order valence-corrected chi connectivity index (χ1v) is 7.23. The quantitative estimate of drug-likeness (QED) is 0.790. The number of aromatic hydroxyl groups is 1. The first-order valence-electron chi connectivity index (χ1n) is 5.66. The molecule has 1 heterocycles. The molecule has 0 saturated heterocycles. The largest absolute Gasteiger partial charge is 0.506 e. The molecule has 6 heteroatoms. The average Bonchev–Trinajstić information content (AvgIpc) is 2.67. The van der Waals surface area contributed by atoms with Crippen molar-refractivity contribution in [3.8, 4) is 11.8 Å². The number of hydrogen-bond donors (Lipinski definition) is 1. The Bertz CT molecular complexity index is 741. The molecule has 0 aliphatic rings. The summed E-state index contributed by atoms with van der Waals surface area (Å²) in [6, 6.07) is 5.16. The summed E-state index contributed by atoms with van der Waals surface area (Å²) < 4.78 is 0. The maximum atomic E-state index is 9.84. The van der Waals surface area contributed by atoms with Gasteiger partial charge in [-0.15, -0.1) is 11.3 Å². The van der Waals surface area contributed by atoms with Crippen LogP contribution in [0, 0.1) is 25.2 Å². The van der Waals surface area contributed by atoms with Gasteiger partial charge >= 0.3 is 0 Å². The lowest BCUT2D eigenvalue weighted by Crippen LogP contribution is -1.84. The lowest BCUT2D eigenvalue weighted by Gasteiger charge is -2.01. The van der Waals surface area contributed by atoms with Crippen LogP contribution in [0.15, 0.2) is 17.1 Å². The fourth-order valence-corrected chi connectivity index (χ4v) is 3.10. The zero-order valence-electron chi connectivity index (χ0n) is 10.7. The van der Waals surface area contributed by atoms with E-state index in [0.717, 1.165) is 10.4 Å². The Labute approximate surface area is 130 Å². The first-order chi connectivity index (χ1) is 9.43. The Balaban J connectivity index is 2.45. The van der Waals surface area contributed by atoms with E-state index in [4.69, 9.17) is 28.5 Å². The van der Waals surface area contributed by atoms with Crippen LogP contribution in [-0.4, -0.2) is 11.3 Å². The Morgan fingerprint density at radius 3 is 2.70 bits per heavy atom. The summed E-state index contributed by atoms with van der Waals surface area (Å²) in [6.07, 6.45) is 1.46. The molecule has 102 valence electrons. The molecule has 0 unspecified atom stereocenters. The van der Waals surface area contributed by atoms with Gasteiger partial charge in [-0.05, 0) is 31.5 Å². The maximum absolute atomic E-state index is 9.84. The van der Waals surface area contributed by atoms with E-state index in [1.165, 1.54) is 23.6 Å². The van der Waals surface area contributed by atoms with Crippen molar-refractivity contribution in [1.29, 1.82) is 5.26 Å². The van der Waals surface area contributed by atoms with Crippen molar-refractivity contribution in [3.63, 3.8) is 0 Å². The molecule has 1 aromatic heterocycles. The fourth-order valence-electron chi connectivity index (χ4n) is 1.64. The Hall–Kier alpha value is -1.54. The highest BCUT2D eigenvalue weighted by Crippen LogP contribution is 2.35. The number of nitrogens with zero attached hydrogens (tertiary/aromatic N) is 2. The van der Waals surface area contributed by atoms with Gasteiger partial charge in [0.05, 0.1) is 10.6 Å². The van der Waals surface area contributed by atoms with Gasteiger partial charge in [-0.1, -0.05) is 23.2 Å². The van der Waals surface area contributed by atoms with Crippen LogP contribution in [0.2, 0.25) is 10.0 Å². The zero-order chi connectivity index (χ0) is 14.9. The second-order valence-electron chi connectivity index (χ2n) is 4.16. The number of nitriles is 1. The van der Waals surface area contributed by atoms with Gasteiger partial charge in [0.2, 0.25) is 0 Å². The Kier molecular flexibility index (Phi) is 4.34. The SMILES string of the molecule is Cc1sc(/N=C/c2cc(Cl)cc(Cl)c2O)c(C#N)c1C. The van der Waals surface area contributed by atoms with E-state index in [1.54, 1.807) is 6.07 Å². The molecule has 3 nitrogen and oxygen atoms in total. The second-order valence-corrected chi connectivity index (χ2v) is 6.21. The summed E-state index contributed by atoms with van der Waals surface area (Å²) in [5.74, 6) is -0.0803. The van der Waals surface area contributed by atoms with Gasteiger partial charge in [0.1, 0.15) is 16.8 Å². The number of phenols is 1. The number of hydrogen-bond acceptors (Lipinski definition) is 4. The smallest absolute Gasteiger partial charge is 0.143 e. The van der Waals surface area contributed by atoms with Crippen molar-refractivity contribution in [1.82, 2.24) is 0 Å². The highest BCUT2D eigenvalue weighted by atomic mass is 35.5. The van der Waals surface area contributed by atoms with Crippen molar-refractivity contribution in [3.05, 3.63) is 43.7 Å². The topological polar surface area (TPSA) is 56.4 Å². The van der Waals surface area contributed by atoms with Crippen LogP contribution in [0.25, 0.3) is 0 Å². The first kappa shape index (κ1) is 14.9. The normalized spacial score (nSPS) is 10.9.